The minimum atomic E-state index is -5.08. The molecular formula is C21H19F3N6O5S. The van der Waals surface area contributed by atoms with Crippen molar-refractivity contribution in [2.75, 3.05) is 19.5 Å². The van der Waals surface area contributed by atoms with Gasteiger partial charge in [0.2, 0.25) is 16.0 Å². The van der Waals surface area contributed by atoms with Gasteiger partial charge in [-0.05, 0) is 31.3 Å². The summed E-state index contributed by atoms with van der Waals surface area (Å²) >= 11 is 0. The average Bonchev–Trinajstić information content (AvgIpc) is 3.27. The van der Waals surface area contributed by atoms with Crippen molar-refractivity contribution in [3.8, 4) is 11.4 Å². The normalized spacial score (nSPS) is 11.5. The van der Waals surface area contributed by atoms with Crippen molar-refractivity contribution >= 4 is 38.7 Å². The number of alkyl halides is 3. The lowest BCUT2D eigenvalue weighted by molar-refractivity contribution is -0.192. The molecule has 0 aliphatic heterocycles. The summed E-state index contributed by atoms with van der Waals surface area (Å²) in [6, 6.07) is 14.0. The zero-order valence-electron chi connectivity index (χ0n) is 18.7. The minimum absolute atomic E-state index is 0.102. The lowest BCUT2D eigenvalue weighted by Crippen LogP contribution is -2.21. The first-order valence-electron chi connectivity index (χ1n) is 9.92. The largest absolute Gasteiger partial charge is 0.495 e. The van der Waals surface area contributed by atoms with Gasteiger partial charge in [0.1, 0.15) is 10.6 Å². The van der Waals surface area contributed by atoms with Crippen LogP contribution in [0.1, 0.15) is 0 Å². The molecule has 36 heavy (non-hydrogen) atoms. The second-order valence-corrected chi connectivity index (χ2v) is 8.69. The summed E-state index contributed by atoms with van der Waals surface area (Å²) in [5.41, 5.74) is 1.56. The van der Waals surface area contributed by atoms with Crippen molar-refractivity contribution < 1.29 is 36.2 Å². The Morgan fingerprint density at radius 2 is 1.72 bits per heavy atom. The summed E-state index contributed by atoms with van der Waals surface area (Å²) in [4.78, 5) is 17.8. The summed E-state index contributed by atoms with van der Waals surface area (Å²) in [5, 5.41) is 15.2. The molecule has 0 aliphatic carbocycles. The van der Waals surface area contributed by atoms with Gasteiger partial charge in [0.05, 0.1) is 30.1 Å². The lowest BCUT2D eigenvalue weighted by atomic mass is 10.3. The highest BCUT2D eigenvalue weighted by atomic mass is 32.2. The number of carboxylic acids is 1. The van der Waals surface area contributed by atoms with Gasteiger partial charge in [-0.1, -0.05) is 24.3 Å². The van der Waals surface area contributed by atoms with E-state index in [0.29, 0.717) is 34.1 Å². The summed E-state index contributed by atoms with van der Waals surface area (Å²) in [6.45, 7) is 0. The number of carboxylic acid groups (broad SMARTS) is 1. The molecule has 2 aromatic carbocycles. The molecule has 0 spiro atoms. The first-order chi connectivity index (χ1) is 17.0. The highest BCUT2D eigenvalue weighted by molar-refractivity contribution is 7.89. The van der Waals surface area contributed by atoms with E-state index in [0.717, 1.165) is 0 Å². The molecule has 15 heteroatoms. The van der Waals surface area contributed by atoms with Crippen molar-refractivity contribution in [3.05, 3.63) is 60.9 Å². The number of ether oxygens (including phenoxy) is 1. The molecule has 11 nitrogen and oxygen atoms in total. The van der Waals surface area contributed by atoms with Gasteiger partial charge >= 0.3 is 12.1 Å². The van der Waals surface area contributed by atoms with Gasteiger partial charge in [-0.2, -0.15) is 23.3 Å². The zero-order valence-corrected chi connectivity index (χ0v) is 19.5. The number of nitrogens with one attached hydrogen (secondary N) is 2. The molecule has 2 aromatic heterocycles. The highest BCUT2D eigenvalue weighted by Crippen LogP contribution is 2.27. The predicted octanol–water partition coefficient (Wildman–Crippen LogP) is 3.11. The third-order valence-electron chi connectivity index (χ3n) is 4.56. The maximum absolute atomic E-state index is 12.4. The molecule has 190 valence electrons. The van der Waals surface area contributed by atoms with E-state index in [1.54, 1.807) is 37.7 Å². The van der Waals surface area contributed by atoms with Crippen LogP contribution in [-0.2, 0) is 14.8 Å². The third-order valence-corrected chi connectivity index (χ3v) is 6.02. The van der Waals surface area contributed by atoms with Gasteiger partial charge in [0.25, 0.3) is 0 Å². The summed E-state index contributed by atoms with van der Waals surface area (Å²) in [7, 11) is -0.730. The second kappa shape index (κ2) is 10.6. The molecule has 3 N–H and O–H groups in total. The monoisotopic (exact) mass is 524 g/mol. The molecule has 2 heterocycles. The van der Waals surface area contributed by atoms with Crippen LogP contribution >= 0.6 is 0 Å². The van der Waals surface area contributed by atoms with E-state index >= 15 is 0 Å². The van der Waals surface area contributed by atoms with Crippen molar-refractivity contribution in [2.45, 2.75) is 11.1 Å². The van der Waals surface area contributed by atoms with Crippen LogP contribution < -0.4 is 14.8 Å². The predicted molar refractivity (Wildman–Crippen MR) is 123 cm³/mol. The topological polar surface area (TPSA) is 148 Å². The summed E-state index contributed by atoms with van der Waals surface area (Å²) in [5.74, 6) is -1.78. The third kappa shape index (κ3) is 5.87. The van der Waals surface area contributed by atoms with Crippen LogP contribution in [0.25, 0.3) is 16.7 Å². The number of aromatic nitrogens is 4. The average molecular weight is 524 g/mol. The van der Waals surface area contributed by atoms with E-state index in [1.165, 1.54) is 17.8 Å². The minimum Gasteiger partial charge on any atom is -0.495 e. The molecule has 4 aromatic rings. The van der Waals surface area contributed by atoms with Gasteiger partial charge in [0, 0.05) is 6.20 Å². The number of fused-ring (bicyclic) bond motifs is 1. The molecule has 0 aliphatic rings. The van der Waals surface area contributed by atoms with Crippen molar-refractivity contribution in [1.29, 1.82) is 0 Å². The number of benzene rings is 2. The number of carbonyl (C=O) groups is 1. The number of hydrogen-bond donors (Lipinski definition) is 3. The Bertz CT molecular complexity index is 1490. The quantitative estimate of drug-likeness (QED) is 0.346. The number of nitrogens with zero attached hydrogens (tertiary/aromatic N) is 4. The summed E-state index contributed by atoms with van der Waals surface area (Å²) < 4.78 is 65.7. The molecule has 0 radical (unpaired) electrons. The fraction of sp³-hybridized carbons (Fsp3) is 0.143. The van der Waals surface area contributed by atoms with Crippen molar-refractivity contribution in [1.82, 2.24) is 24.5 Å². The van der Waals surface area contributed by atoms with Crippen LogP contribution in [-0.4, -0.2) is 59.6 Å². The zero-order chi connectivity index (χ0) is 26.5. The summed E-state index contributed by atoms with van der Waals surface area (Å²) in [6.07, 6.45) is -1.87. The fourth-order valence-corrected chi connectivity index (χ4v) is 3.80. The Labute approximate surface area is 202 Å². The number of sulfonamides is 1. The van der Waals surface area contributed by atoms with Gasteiger partial charge in [0.15, 0.2) is 5.65 Å². The number of methoxy groups -OCH3 is 1. The first kappa shape index (κ1) is 26.4. The number of para-hydroxylation sites is 3. The number of anilines is 2. The van der Waals surface area contributed by atoms with Crippen molar-refractivity contribution in [2.24, 2.45) is 0 Å². The Morgan fingerprint density at radius 1 is 1.08 bits per heavy atom. The lowest BCUT2D eigenvalue weighted by Gasteiger charge is -2.11. The molecule has 0 fully saturated rings. The number of hydrogen-bond acceptors (Lipinski definition) is 8. The molecule has 0 saturated carbocycles. The smallest absolute Gasteiger partial charge is 0.490 e. The van der Waals surface area contributed by atoms with Crippen LogP contribution in [0, 0.1) is 0 Å². The molecule has 0 amide bonds. The molecule has 4 rings (SSSR count). The van der Waals surface area contributed by atoms with Gasteiger partial charge in [-0.3, -0.25) is 0 Å². The Balaban J connectivity index is 0.000000454. The standard InChI is InChI=1S/C19H18N6O3S.C2HF3O2/c1-20-29(26,27)17-10-6-4-8-15(17)25-18-13(12-22-25)11-21-19(24-18)23-14-7-3-5-9-16(14)28-2;3-2(4,5)1(6)7/h3-12,20H,1-2H3,(H,21,23,24);(H,6,7). The number of rotatable bonds is 6. The van der Waals surface area contributed by atoms with Gasteiger partial charge in [-0.25, -0.2) is 27.6 Å². The molecule has 0 saturated heterocycles. The van der Waals surface area contributed by atoms with Crippen LogP contribution in [0.5, 0.6) is 5.75 Å². The van der Waals surface area contributed by atoms with E-state index in [1.807, 2.05) is 24.3 Å². The van der Waals surface area contributed by atoms with Crippen LogP contribution in [0.4, 0.5) is 24.8 Å². The van der Waals surface area contributed by atoms with Gasteiger partial charge < -0.3 is 15.2 Å². The Morgan fingerprint density at radius 3 is 2.36 bits per heavy atom. The second-order valence-electron chi connectivity index (χ2n) is 6.83. The van der Waals surface area contributed by atoms with E-state index in [-0.39, 0.29) is 4.90 Å². The molecule has 0 bridgehead atoms. The maximum atomic E-state index is 12.4. The van der Waals surface area contributed by atoms with Crippen LogP contribution in [0.2, 0.25) is 0 Å². The highest BCUT2D eigenvalue weighted by Gasteiger charge is 2.38. The van der Waals surface area contributed by atoms with Crippen LogP contribution in [0.15, 0.2) is 65.8 Å². The van der Waals surface area contributed by atoms with Crippen LogP contribution in [0.3, 0.4) is 0 Å². The number of halogens is 3. The molecule has 0 unspecified atom stereocenters. The van der Waals surface area contributed by atoms with Gasteiger partial charge in [-0.15, -0.1) is 0 Å². The molecule has 0 atom stereocenters. The first-order valence-corrected chi connectivity index (χ1v) is 11.4. The van der Waals surface area contributed by atoms with E-state index < -0.39 is 22.2 Å². The van der Waals surface area contributed by atoms with Crippen molar-refractivity contribution in [3.63, 3.8) is 0 Å². The Kier molecular flexibility index (Phi) is 7.74. The fourth-order valence-electron chi connectivity index (χ4n) is 2.89. The van der Waals surface area contributed by atoms with E-state index in [4.69, 9.17) is 14.6 Å². The Hall–Kier alpha value is -4.24. The van der Waals surface area contributed by atoms with E-state index in [2.05, 4.69) is 25.1 Å². The number of aliphatic carboxylic acids is 1. The SMILES string of the molecule is CNS(=O)(=O)c1ccccc1-n1ncc2cnc(Nc3ccccc3OC)nc21.O=C(O)C(F)(F)F. The molecular weight excluding hydrogens is 505 g/mol. The maximum Gasteiger partial charge on any atom is 0.490 e. The van der Waals surface area contributed by atoms with E-state index in [9.17, 15) is 21.6 Å².